The Kier molecular flexibility index (Phi) is 6.55. The summed E-state index contributed by atoms with van der Waals surface area (Å²) < 4.78 is 22.3. The first-order chi connectivity index (χ1) is 16.6. The fourth-order valence-corrected chi connectivity index (χ4v) is 4.48. The molecule has 2 aromatic carbocycles. The lowest BCUT2D eigenvalue weighted by atomic mass is 10.1. The van der Waals surface area contributed by atoms with Crippen molar-refractivity contribution in [3.05, 3.63) is 58.4 Å². The molecule has 1 fully saturated rings. The largest absolute Gasteiger partial charge is 0.494 e. The Labute approximate surface area is 202 Å². The molecule has 8 nitrogen and oxygen atoms in total. The molecule has 0 amide bonds. The summed E-state index contributed by atoms with van der Waals surface area (Å²) in [4.78, 5) is 17.9. The maximum atomic E-state index is 12.9. The van der Waals surface area contributed by atoms with E-state index in [4.69, 9.17) is 31.2 Å². The number of aromatic nitrogens is 1. The van der Waals surface area contributed by atoms with Crippen LogP contribution in [0.15, 0.2) is 47.3 Å². The zero-order valence-electron chi connectivity index (χ0n) is 19.0. The second-order valence-electron chi connectivity index (χ2n) is 8.32. The number of hydrogen-bond donors (Lipinski definition) is 2. The van der Waals surface area contributed by atoms with Crippen molar-refractivity contribution in [1.82, 2.24) is 9.88 Å². The van der Waals surface area contributed by atoms with Crippen molar-refractivity contribution < 1.29 is 18.9 Å². The fourth-order valence-electron chi connectivity index (χ4n) is 4.22. The Balaban J connectivity index is 1.38. The van der Waals surface area contributed by atoms with E-state index in [0.29, 0.717) is 47.4 Å². The van der Waals surface area contributed by atoms with Crippen LogP contribution in [0.1, 0.15) is 25.3 Å². The number of nitrogens with zero attached hydrogens (tertiary/aromatic N) is 1. The standard InChI is InChI=1S/C25H27N3O5S/c1-2-30-19-7-5-18(6-8-19)26-25(34)28(14-20-4-3-9-31-20)13-17-10-16-11-22-23(33-15-32-22)12-21(16)27-24(17)29/h5-8,10-12,20H,2-4,9,13-15H2,1H3,(H,26,34)(H,27,29)/t20-/m0/s1. The number of fused-ring (bicyclic) bond motifs is 2. The number of rotatable bonds is 7. The van der Waals surface area contributed by atoms with Crippen LogP contribution in [0.4, 0.5) is 5.69 Å². The van der Waals surface area contributed by atoms with Gasteiger partial charge in [-0.15, -0.1) is 0 Å². The molecular formula is C25H27N3O5S. The molecule has 1 saturated heterocycles. The summed E-state index contributed by atoms with van der Waals surface area (Å²) in [5.41, 5.74) is 2.01. The van der Waals surface area contributed by atoms with Gasteiger partial charge in [-0.05, 0) is 68.4 Å². The number of aromatic amines is 1. The van der Waals surface area contributed by atoms with Gasteiger partial charge in [0.1, 0.15) is 5.75 Å². The van der Waals surface area contributed by atoms with E-state index in [-0.39, 0.29) is 18.5 Å². The first-order valence-corrected chi connectivity index (χ1v) is 11.9. The van der Waals surface area contributed by atoms with Crippen molar-refractivity contribution in [3.63, 3.8) is 0 Å². The summed E-state index contributed by atoms with van der Waals surface area (Å²) in [6.45, 7) is 4.45. The first kappa shape index (κ1) is 22.5. The minimum absolute atomic E-state index is 0.0773. The Hall–Kier alpha value is -3.30. The topological polar surface area (TPSA) is 85.1 Å². The van der Waals surface area contributed by atoms with Gasteiger partial charge in [-0.1, -0.05) is 0 Å². The molecule has 3 aromatic rings. The highest BCUT2D eigenvalue weighted by Crippen LogP contribution is 2.35. The van der Waals surface area contributed by atoms with Gasteiger partial charge in [0.2, 0.25) is 6.79 Å². The van der Waals surface area contributed by atoms with Gasteiger partial charge in [-0.3, -0.25) is 4.79 Å². The highest BCUT2D eigenvalue weighted by atomic mass is 32.1. The fraction of sp³-hybridized carbons (Fsp3) is 0.360. The van der Waals surface area contributed by atoms with E-state index in [2.05, 4.69) is 10.3 Å². The predicted molar refractivity (Wildman–Crippen MR) is 134 cm³/mol. The molecule has 1 atom stereocenters. The number of thiocarbonyl (C=S) groups is 1. The average molecular weight is 482 g/mol. The lowest BCUT2D eigenvalue weighted by Crippen LogP contribution is -2.40. The van der Waals surface area contributed by atoms with Crippen LogP contribution < -0.4 is 25.1 Å². The molecule has 0 bridgehead atoms. The Bertz CT molecular complexity index is 1240. The molecule has 0 unspecified atom stereocenters. The number of hydrogen-bond acceptors (Lipinski definition) is 6. The molecule has 0 radical (unpaired) electrons. The minimum atomic E-state index is -0.160. The SMILES string of the molecule is CCOc1ccc(NC(=S)N(Cc2cc3cc4c(cc3[nH]c2=O)OCO4)C[C@@H]2CCCO2)cc1. The van der Waals surface area contributed by atoms with Crippen LogP contribution in [0.5, 0.6) is 17.2 Å². The minimum Gasteiger partial charge on any atom is -0.494 e. The van der Waals surface area contributed by atoms with Crippen LogP contribution in [0.3, 0.4) is 0 Å². The highest BCUT2D eigenvalue weighted by molar-refractivity contribution is 7.80. The van der Waals surface area contributed by atoms with E-state index in [1.807, 2.05) is 48.2 Å². The van der Waals surface area contributed by atoms with Crippen molar-refractivity contribution >= 4 is 33.9 Å². The molecule has 2 aliphatic heterocycles. The van der Waals surface area contributed by atoms with Crippen molar-refractivity contribution in [2.75, 3.05) is 31.9 Å². The molecular weight excluding hydrogens is 454 g/mol. The third-order valence-electron chi connectivity index (χ3n) is 5.93. The summed E-state index contributed by atoms with van der Waals surface area (Å²) in [5, 5.41) is 4.70. The monoisotopic (exact) mass is 481 g/mol. The summed E-state index contributed by atoms with van der Waals surface area (Å²) >= 11 is 5.76. The molecule has 1 aromatic heterocycles. The Morgan fingerprint density at radius 1 is 1.21 bits per heavy atom. The number of anilines is 1. The average Bonchev–Trinajstić information content (AvgIpc) is 3.51. The second kappa shape index (κ2) is 9.90. The van der Waals surface area contributed by atoms with Gasteiger partial charge in [0.25, 0.3) is 5.56 Å². The lowest BCUT2D eigenvalue weighted by molar-refractivity contribution is 0.0904. The molecule has 0 saturated carbocycles. The van der Waals surface area contributed by atoms with Crippen molar-refractivity contribution in [3.8, 4) is 17.2 Å². The molecule has 5 rings (SSSR count). The molecule has 0 aliphatic carbocycles. The summed E-state index contributed by atoms with van der Waals surface area (Å²) in [6, 6.07) is 13.2. The van der Waals surface area contributed by atoms with E-state index in [9.17, 15) is 4.79 Å². The third-order valence-corrected chi connectivity index (χ3v) is 6.29. The summed E-state index contributed by atoms with van der Waals surface area (Å²) in [7, 11) is 0. The zero-order valence-corrected chi connectivity index (χ0v) is 19.8. The normalized spacial score (nSPS) is 16.6. The van der Waals surface area contributed by atoms with E-state index >= 15 is 0 Å². The Morgan fingerprint density at radius 3 is 2.74 bits per heavy atom. The first-order valence-electron chi connectivity index (χ1n) is 11.4. The van der Waals surface area contributed by atoms with Gasteiger partial charge in [0.05, 0.1) is 24.8 Å². The number of ether oxygens (including phenoxy) is 4. The molecule has 178 valence electrons. The van der Waals surface area contributed by atoms with Crippen LogP contribution in [0.2, 0.25) is 0 Å². The van der Waals surface area contributed by atoms with Gasteiger partial charge in [-0.25, -0.2) is 0 Å². The molecule has 34 heavy (non-hydrogen) atoms. The smallest absolute Gasteiger partial charge is 0.253 e. The van der Waals surface area contributed by atoms with Crippen LogP contribution in [-0.2, 0) is 11.3 Å². The Morgan fingerprint density at radius 2 is 2.00 bits per heavy atom. The number of H-pyrrole nitrogens is 1. The third kappa shape index (κ3) is 4.95. The quantitative estimate of drug-likeness (QED) is 0.490. The van der Waals surface area contributed by atoms with Gasteiger partial charge in [0, 0.05) is 35.9 Å². The van der Waals surface area contributed by atoms with Crippen LogP contribution >= 0.6 is 12.2 Å². The number of pyridine rings is 1. The summed E-state index contributed by atoms with van der Waals surface area (Å²) in [5.74, 6) is 2.12. The molecule has 3 heterocycles. The van der Waals surface area contributed by atoms with Crippen LogP contribution in [0.25, 0.3) is 10.9 Å². The highest BCUT2D eigenvalue weighted by Gasteiger charge is 2.23. The van der Waals surface area contributed by atoms with Gasteiger partial charge in [-0.2, -0.15) is 0 Å². The number of nitrogens with one attached hydrogen (secondary N) is 2. The summed E-state index contributed by atoms with van der Waals surface area (Å²) in [6.07, 6.45) is 2.08. The molecule has 2 N–H and O–H groups in total. The number of benzene rings is 2. The van der Waals surface area contributed by atoms with E-state index in [1.54, 1.807) is 6.07 Å². The molecule has 2 aliphatic rings. The maximum absolute atomic E-state index is 12.9. The van der Waals surface area contributed by atoms with Gasteiger partial charge >= 0.3 is 0 Å². The van der Waals surface area contributed by atoms with E-state index in [1.165, 1.54) is 0 Å². The maximum Gasteiger partial charge on any atom is 0.253 e. The zero-order chi connectivity index (χ0) is 23.5. The molecule has 9 heteroatoms. The lowest BCUT2D eigenvalue weighted by Gasteiger charge is -2.28. The van der Waals surface area contributed by atoms with Gasteiger partial charge < -0.3 is 34.1 Å². The van der Waals surface area contributed by atoms with Crippen LogP contribution in [0, 0.1) is 0 Å². The van der Waals surface area contributed by atoms with Gasteiger partial charge in [0.15, 0.2) is 16.6 Å². The van der Waals surface area contributed by atoms with E-state index < -0.39 is 0 Å². The van der Waals surface area contributed by atoms with Crippen molar-refractivity contribution in [2.24, 2.45) is 0 Å². The second-order valence-corrected chi connectivity index (χ2v) is 8.71. The molecule has 0 spiro atoms. The predicted octanol–water partition coefficient (Wildman–Crippen LogP) is 4.03. The van der Waals surface area contributed by atoms with Crippen molar-refractivity contribution in [1.29, 1.82) is 0 Å². The van der Waals surface area contributed by atoms with Crippen molar-refractivity contribution in [2.45, 2.75) is 32.4 Å². The van der Waals surface area contributed by atoms with Crippen LogP contribution in [-0.4, -0.2) is 47.7 Å². The van der Waals surface area contributed by atoms with E-state index in [0.717, 1.165) is 36.3 Å².